The third kappa shape index (κ3) is 2.09. The molecule has 2 rings (SSSR count). The standard InChI is InChI=1S/C12H22N2O2/c1-12(10-4-5-10,11(15)16-2)14-8-3-6-13-7-9-14/h10,13H,3-9H2,1-2H3. The number of ether oxygens (including phenoxy) is 1. The summed E-state index contributed by atoms with van der Waals surface area (Å²) in [5.41, 5.74) is -0.388. The highest BCUT2D eigenvalue weighted by Gasteiger charge is 2.51. The van der Waals surface area contributed by atoms with Gasteiger partial charge in [0.15, 0.2) is 0 Å². The molecule has 1 saturated carbocycles. The van der Waals surface area contributed by atoms with Gasteiger partial charge in [0.25, 0.3) is 0 Å². The van der Waals surface area contributed by atoms with Gasteiger partial charge < -0.3 is 10.1 Å². The lowest BCUT2D eigenvalue weighted by molar-refractivity contribution is -0.156. The fourth-order valence-electron chi connectivity index (χ4n) is 2.72. The maximum Gasteiger partial charge on any atom is 0.326 e. The Kier molecular flexibility index (Phi) is 3.50. The van der Waals surface area contributed by atoms with Crippen molar-refractivity contribution in [3.8, 4) is 0 Å². The van der Waals surface area contributed by atoms with Crippen LogP contribution >= 0.6 is 0 Å². The predicted octanol–water partition coefficient (Wildman–Crippen LogP) is 0.623. The van der Waals surface area contributed by atoms with Crippen LogP contribution in [0.15, 0.2) is 0 Å². The molecule has 1 saturated heterocycles. The van der Waals surface area contributed by atoms with E-state index in [0.717, 1.165) is 45.4 Å². The Balaban J connectivity index is 2.13. The summed E-state index contributed by atoms with van der Waals surface area (Å²) in [5, 5.41) is 3.37. The molecule has 1 N–H and O–H groups in total. The highest BCUT2D eigenvalue weighted by Crippen LogP contribution is 2.43. The minimum absolute atomic E-state index is 0.0584. The number of rotatable bonds is 3. The molecule has 4 heteroatoms. The molecule has 1 atom stereocenters. The van der Waals surface area contributed by atoms with Gasteiger partial charge in [0.1, 0.15) is 5.54 Å². The molecule has 2 aliphatic rings. The first-order valence-corrected chi connectivity index (χ1v) is 6.23. The summed E-state index contributed by atoms with van der Waals surface area (Å²) in [7, 11) is 1.50. The number of nitrogens with one attached hydrogen (secondary N) is 1. The first-order valence-electron chi connectivity index (χ1n) is 6.23. The number of carbonyl (C=O) groups is 1. The van der Waals surface area contributed by atoms with Gasteiger partial charge in [0, 0.05) is 19.6 Å². The van der Waals surface area contributed by atoms with E-state index in [9.17, 15) is 4.79 Å². The SMILES string of the molecule is COC(=O)C(C)(C1CC1)N1CCCNCC1. The number of hydrogen-bond donors (Lipinski definition) is 1. The molecule has 1 aliphatic carbocycles. The molecule has 0 aromatic heterocycles. The highest BCUT2D eigenvalue weighted by molar-refractivity contribution is 5.81. The maximum absolute atomic E-state index is 12.0. The number of carbonyl (C=O) groups excluding carboxylic acids is 1. The Morgan fingerprint density at radius 2 is 2.12 bits per heavy atom. The summed E-state index contributed by atoms with van der Waals surface area (Å²) in [5.74, 6) is 0.440. The van der Waals surface area contributed by atoms with Gasteiger partial charge in [-0.25, -0.2) is 0 Å². The van der Waals surface area contributed by atoms with Crippen molar-refractivity contribution >= 4 is 5.97 Å². The molecule has 4 nitrogen and oxygen atoms in total. The van der Waals surface area contributed by atoms with E-state index < -0.39 is 0 Å². The monoisotopic (exact) mass is 226 g/mol. The molecule has 1 aliphatic heterocycles. The second-order valence-electron chi connectivity index (χ2n) is 5.00. The maximum atomic E-state index is 12.0. The first kappa shape index (κ1) is 11.9. The van der Waals surface area contributed by atoms with Crippen LogP contribution in [0.5, 0.6) is 0 Å². The Morgan fingerprint density at radius 1 is 1.38 bits per heavy atom. The molecule has 92 valence electrons. The Bertz CT molecular complexity index is 258. The summed E-state index contributed by atoms with van der Waals surface area (Å²) in [4.78, 5) is 14.4. The zero-order valence-corrected chi connectivity index (χ0v) is 10.3. The van der Waals surface area contributed by atoms with Crippen LogP contribution in [-0.4, -0.2) is 49.7 Å². The molecule has 1 heterocycles. The zero-order valence-electron chi connectivity index (χ0n) is 10.3. The minimum atomic E-state index is -0.388. The van der Waals surface area contributed by atoms with Crippen molar-refractivity contribution in [1.82, 2.24) is 10.2 Å². The van der Waals surface area contributed by atoms with Crippen LogP contribution < -0.4 is 5.32 Å². The van der Waals surface area contributed by atoms with Gasteiger partial charge in [0.2, 0.25) is 0 Å². The van der Waals surface area contributed by atoms with E-state index in [4.69, 9.17) is 4.74 Å². The van der Waals surface area contributed by atoms with Crippen molar-refractivity contribution < 1.29 is 9.53 Å². The van der Waals surface area contributed by atoms with E-state index in [-0.39, 0.29) is 11.5 Å². The molecule has 16 heavy (non-hydrogen) atoms. The van der Waals surface area contributed by atoms with Crippen molar-refractivity contribution in [2.75, 3.05) is 33.3 Å². The zero-order chi connectivity index (χ0) is 11.6. The van der Waals surface area contributed by atoms with E-state index in [0.29, 0.717) is 5.92 Å². The van der Waals surface area contributed by atoms with Crippen LogP contribution in [0.25, 0.3) is 0 Å². The first-order chi connectivity index (χ1) is 7.69. The highest BCUT2D eigenvalue weighted by atomic mass is 16.5. The van der Waals surface area contributed by atoms with Crippen LogP contribution in [0, 0.1) is 5.92 Å². The largest absolute Gasteiger partial charge is 0.468 e. The van der Waals surface area contributed by atoms with Crippen molar-refractivity contribution in [2.24, 2.45) is 5.92 Å². The molecular formula is C12H22N2O2. The second-order valence-corrected chi connectivity index (χ2v) is 5.00. The number of methoxy groups -OCH3 is 1. The summed E-state index contributed by atoms with van der Waals surface area (Å²) in [6.07, 6.45) is 3.43. The fraction of sp³-hybridized carbons (Fsp3) is 0.917. The minimum Gasteiger partial charge on any atom is -0.468 e. The van der Waals surface area contributed by atoms with Gasteiger partial charge in [-0.1, -0.05) is 0 Å². The lowest BCUT2D eigenvalue weighted by Gasteiger charge is -2.38. The van der Waals surface area contributed by atoms with Crippen molar-refractivity contribution in [3.05, 3.63) is 0 Å². The number of nitrogens with zero attached hydrogens (tertiary/aromatic N) is 1. The van der Waals surface area contributed by atoms with Crippen LogP contribution in [-0.2, 0) is 9.53 Å². The van der Waals surface area contributed by atoms with Crippen LogP contribution in [0.1, 0.15) is 26.2 Å². The third-order valence-corrected chi connectivity index (χ3v) is 3.97. The summed E-state index contributed by atoms with van der Waals surface area (Å²) >= 11 is 0. The Labute approximate surface area is 97.3 Å². The lowest BCUT2D eigenvalue weighted by Crippen LogP contribution is -2.55. The van der Waals surface area contributed by atoms with E-state index in [1.807, 2.05) is 0 Å². The van der Waals surface area contributed by atoms with Gasteiger partial charge in [-0.05, 0) is 38.6 Å². The molecule has 1 unspecified atom stereocenters. The smallest absolute Gasteiger partial charge is 0.326 e. The molecular weight excluding hydrogens is 204 g/mol. The van der Waals surface area contributed by atoms with Crippen molar-refractivity contribution in [1.29, 1.82) is 0 Å². The molecule has 0 spiro atoms. The van der Waals surface area contributed by atoms with Gasteiger partial charge >= 0.3 is 5.97 Å². The summed E-state index contributed by atoms with van der Waals surface area (Å²) in [6.45, 7) is 6.02. The quantitative estimate of drug-likeness (QED) is 0.716. The van der Waals surface area contributed by atoms with E-state index >= 15 is 0 Å². The lowest BCUT2D eigenvalue weighted by atomic mass is 9.93. The second kappa shape index (κ2) is 4.72. The predicted molar refractivity (Wildman–Crippen MR) is 62.2 cm³/mol. The van der Waals surface area contributed by atoms with Gasteiger partial charge in [-0.2, -0.15) is 0 Å². The molecule has 0 radical (unpaired) electrons. The van der Waals surface area contributed by atoms with E-state index in [1.54, 1.807) is 0 Å². The molecule has 0 aromatic carbocycles. The van der Waals surface area contributed by atoms with Crippen LogP contribution in [0.2, 0.25) is 0 Å². The Morgan fingerprint density at radius 3 is 2.75 bits per heavy atom. The fourth-order valence-corrected chi connectivity index (χ4v) is 2.72. The van der Waals surface area contributed by atoms with Gasteiger partial charge in [0.05, 0.1) is 7.11 Å². The number of hydrogen-bond acceptors (Lipinski definition) is 4. The molecule has 2 fully saturated rings. The molecule has 0 bridgehead atoms. The molecule has 0 amide bonds. The summed E-state index contributed by atoms with van der Waals surface area (Å²) in [6, 6.07) is 0. The number of esters is 1. The third-order valence-electron chi connectivity index (χ3n) is 3.97. The van der Waals surface area contributed by atoms with Crippen molar-refractivity contribution in [2.45, 2.75) is 31.7 Å². The van der Waals surface area contributed by atoms with Crippen molar-refractivity contribution in [3.63, 3.8) is 0 Å². The van der Waals surface area contributed by atoms with E-state index in [2.05, 4.69) is 17.1 Å². The van der Waals surface area contributed by atoms with Crippen LogP contribution in [0.4, 0.5) is 0 Å². The topological polar surface area (TPSA) is 41.6 Å². The van der Waals surface area contributed by atoms with Gasteiger partial charge in [-0.3, -0.25) is 9.69 Å². The van der Waals surface area contributed by atoms with Crippen LogP contribution in [0.3, 0.4) is 0 Å². The summed E-state index contributed by atoms with van der Waals surface area (Å²) < 4.78 is 5.01. The normalized spacial score (nSPS) is 26.9. The Hall–Kier alpha value is -0.610. The van der Waals surface area contributed by atoms with E-state index in [1.165, 1.54) is 7.11 Å². The average molecular weight is 226 g/mol. The molecule has 0 aromatic rings. The average Bonchev–Trinajstić information content (AvgIpc) is 3.12. The van der Waals surface area contributed by atoms with Gasteiger partial charge in [-0.15, -0.1) is 0 Å².